The molecule has 3 aromatic rings. The maximum atomic E-state index is 13.7. The molecule has 4 atom stereocenters. The van der Waals surface area contributed by atoms with Gasteiger partial charge < -0.3 is 19.8 Å². The van der Waals surface area contributed by atoms with Crippen LogP contribution in [0.1, 0.15) is 75.7 Å². The van der Waals surface area contributed by atoms with Gasteiger partial charge in [-0.05, 0) is 36.3 Å². The molecule has 4 rings (SSSR count). The summed E-state index contributed by atoms with van der Waals surface area (Å²) in [6.07, 6.45) is -0.577. The number of nitrogens with zero attached hydrogens (tertiary/aromatic N) is 3. The van der Waals surface area contributed by atoms with E-state index in [1.165, 1.54) is 4.90 Å². The molecule has 0 spiro atoms. The number of β-amino-alcohol motifs (C(OH)–C–C–N with tert-alkyl or cyclic N) is 1. The fraction of sp³-hybridized carbons (Fsp3) is 0.517. The van der Waals surface area contributed by atoms with Gasteiger partial charge in [-0.1, -0.05) is 64.0 Å². The molecule has 1 aliphatic rings. The Morgan fingerprint density at radius 1 is 1.18 bits per heavy atom. The highest BCUT2D eigenvalue weighted by Gasteiger charge is 2.44. The summed E-state index contributed by atoms with van der Waals surface area (Å²) in [5.41, 5.74) is 5.30. The zero-order valence-corrected chi connectivity index (χ0v) is 24.0. The predicted molar refractivity (Wildman–Crippen MR) is 148 cm³/mol. The van der Waals surface area contributed by atoms with Crippen molar-refractivity contribution >= 4 is 23.2 Å². The minimum Gasteiger partial charge on any atom is -0.391 e. The van der Waals surface area contributed by atoms with Crippen LogP contribution in [0.2, 0.25) is 0 Å². The monoisotopic (exact) mass is 538 g/mol. The Morgan fingerprint density at radius 2 is 1.87 bits per heavy atom. The zero-order valence-electron chi connectivity index (χ0n) is 23.2. The number of hydrogen-bond acceptors (Lipinski definition) is 7. The van der Waals surface area contributed by atoms with Gasteiger partial charge in [0.25, 0.3) is 0 Å². The average molecular weight is 539 g/mol. The second-order valence-corrected chi connectivity index (χ2v) is 12.5. The van der Waals surface area contributed by atoms with Crippen LogP contribution in [0.15, 0.2) is 40.4 Å². The lowest BCUT2D eigenvalue weighted by atomic mass is 9.82. The summed E-state index contributed by atoms with van der Waals surface area (Å²) >= 11 is 1.60. The molecule has 9 heteroatoms. The first-order valence-electron chi connectivity index (χ1n) is 13.1. The van der Waals surface area contributed by atoms with Crippen LogP contribution in [0.25, 0.3) is 10.4 Å². The van der Waals surface area contributed by atoms with Crippen LogP contribution < -0.4 is 5.32 Å². The highest BCUT2D eigenvalue weighted by molar-refractivity contribution is 7.13. The SMILES string of the molecule is Cc1cc(C(C(=O)N2CC(O)CC2C(=O)NC(c2ccc(-c3scnc3C)cc2)C(C)(C)C)C(C)C)on1. The van der Waals surface area contributed by atoms with Crippen molar-refractivity contribution in [3.63, 3.8) is 0 Å². The van der Waals surface area contributed by atoms with Crippen molar-refractivity contribution in [1.29, 1.82) is 0 Å². The Bertz CT molecular complexity index is 1270. The molecule has 2 amide bonds. The summed E-state index contributed by atoms with van der Waals surface area (Å²) in [5.74, 6) is -0.679. The summed E-state index contributed by atoms with van der Waals surface area (Å²) in [5, 5.41) is 17.7. The van der Waals surface area contributed by atoms with E-state index in [0.717, 1.165) is 21.7 Å². The number of aromatic nitrogens is 2. The van der Waals surface area contributed by atoms with E-state index in [9.17, 15) is 14.7 Å². The second kappa shape index (κ2) is 11.0. The highest BCUT2D eigenvalue weighted by Crippen LogP contribution is 2.36. The van der Waals surface area contributed by atoms with Crippen LogP contribution in [0.5, 0.6) is 0 Å². The van der Waals surface area contributed by atoms with Gasteiger partial charge in [0.2, 0.25) is 11.8 Å². The van der Waals surface area contributed by atoms with Crippen molar-refractivity contribution in [3.05, 3.63) is 58.6 Å². The number of nitrogens with one attached hydrogen (secondary N) is 1. The van der Waals surface area contributed by atoms with E-state index in [2.05, 4.69) is 48.4 Å². The van der Waals surface area contributed by atoms with Crippen molar-refractivity contribution in [2.75, 3.05) is 6.54 Å². The predicted octanol–water partition coefficient (Wildman–Crippen LogP) is 5.02. The lowest BCUT2D eigenvalue weighted by molar-refractivity contribution is -0.141. The Kier molecular flexibility index (Phi) is 8.09. The van der Waals surface area contributed by atoms with Crippen molar-refractivity contribution in [1.82, 2.24) is 20.4 Å². The van der Waals surface area contributed by atoms with Gasteiger partial charge in [0.05, 0.1) is 33.9 Å². The Hall–Kier alpha value is -3.04. The molecular formula is C29H38N4O4S. The maximum absolute atomic E-state index is 13.7. The van der Waals surface area contributed by atoms with E-state index in [0.29, 0.717) is 11.5 Å². The molecule has 2 aromatic heterocycles. The maximum Gasteiger partial charge on any atom is 0.243 e. The molecule has 204 valence electrons. The molecular weight excluding hydrogens is 500 g/mol. The van der Waals surface area contributed by atoms with Crippen molar-refractivity contribution in [3.8, 4) is 10.4 Å². The van der Waals surface area contributed by atoms with Crippen LogP contribution in [0.3, 0.4) is 0 Å². The molecule has 1 aromatic carbocycles. The van der Waals surface area contributed by atoms with Crippen LogP contribution in [-0.4, -0.2) is 50.7 Å². The number of aliphatic hydroxyl groups excluding tert-OH is 1. The first-order chi connectivity index (χ1) is 17.9. The topological polar surface area (TPSA) is 109 Å². The van der Waals surface area contributed by atoms with Crippen molar-refractivity contribution in [2.45, 2.75) is 79.0 Å². The number of likely N-dealkylation sites (tertiary alicyclic amines) is 1. The fourth-order valence-electron chi connectivity index (χ4n) is 5.19. The average Bonchev–Trinajstić information content (AvgIpc) is 3.56. The first kappa shape index (κ1) is 28.0. The van der Waals surface area contributed by atoms with E-state index in [1.54, 1.807) is 17.4 Å². The Morgan fingerprint density at radius 3 is 2.39 bits per heavy atom. The molecule has 3 heterocycles. The van der Waals surface area contributed by atoms with Crippen LogP contribution >= 0.6 is 11.3 Å². The van der Waals surface area contributed by atoms with Crippen molar-refractivity contribution < 1.29 is 19.2 Å². The molecule has 1 fully saturated rings. The molecule has 8 nitrogen and oxygen atoms in total. The summed E-state index contributed by atoms with van der Waals surface area (Å²) < 4.78 is 5.44. The quantitative estimate of drug-likeness (QED) is 0.437. The smallest absolute Gasteiger partial charge is 0.243 e. The molecule has 1 aliphatic heterocycles. The number of rotatable bonds is 7. The number of aliphatic hydroxyl groups is 1. The molecule has 0 saturated carbocycles. The highest BCUT2D eigenvalue weighted by atomic mass is 32.1. The number of hydrogen-bond donors (Lipinski definition) is 2. The number of carbonyl (C=O) groups excluding carboxylic acids is 2. The van der Waals surface area contributed by atoms with Gasteiger partial charge in [-0.3, -0.25) is 9.59 Å². The number of carbonyl (C=O) groups is 2. The molecule has 4 unspecified atom stereocenters. The van der Waals surface area contributed by atoms with Gasteiger partial charge >= 0.3 is 0 Å². The molecule has 2 N–H and O–H groups in total. The minimum atomic E-state index is -0.772. The zero-order chi connectivity index (χ0) is 27.8. The number of aryl methyl sites for hydroxylation is 2. The molecule has 1 saturated heterocycles. The summed E-state index contributed by atoms with van der Waals surface area (Å²) in [4.78, 5) is 34.4. The van der Waals surface area contributed by atoms with Crippen molar-refractivity contribution in [2.24, 2.45) is 11.3 Å². The second-order valence-electron chi connectivity index (χ2n) is 11.7. The third kappa shape index (κ3) is 5.83. The van der Waals surface area contributed by atoms with E-state index in [1.807, 2.05) is 45.3 Å². The third-order valence-electron chi connectivity index (χ3n) is 7.15. The van der Waals surface area contributed by atoms with Crippen LogP contribution in [0, 0.1) is 25.2 Å². The van der Waals surface area contributed by atoms with Crippen LogP contribution in [0.4, 0.5) is 0 Å². The Labute approximate surface area is 228 Å². The lowest BCUT2D eigenvalue weighted by Gasteiger charge is -2.35. The van der Waals surface area contributed by atoms with E-state index >= 15 is 0 Å². The van der Waals surface area contributed by atoms with Gasteiger partial charge in [-0.25, -0.2) is 4.98 Å². The summed E-state index contributed by atoms with van der Waals surface area (Å²) in [7, 11) is 0. The Balaban J connectivity index is 1.57. The van der Waals surface area contributed by atoms with Gasteiger partial charge in [0, 0.05) is 19.0 Å². The molecule has 38 heavy (non-hydrogen) atoms. The van der Waals surface area contributed by atoms with Gasteiger partial charge in [-0.2, -0.15) is 0 Å². The number of benzene rings is 1. The van der Waals surface area contributed by atoms with Gasteiger partial charge in [0.15, 0.2) is 0 Å². The van der Waals surface area contributed by atoms with Gasteiger partial charge in [0.1, 0.15) is 17.7 Å². The summed E-state index contributed by atoms with van der Waals surface area (Å²) in [6.45, 7) is 14.0. The van der Waals surface area contributed by atoms with E-state index in [4.69, 9.17) is 4.52 Å². The molecule has 0 bridgehead atoms. The number of thiazole rings is 1. The van der Waals surface area contributed by atoms with E-state index in [-0.39, 0.29) is 42.2 Å². The molecule has 0 aliphatic carbocycles. The van der Waals surface area contributed by atoms with E-state index < -0.39 is 18.1 Å². The fourth-order valence-corrected chi connectivity index (χ4v) is 6.01. The normalized spacial score (nSPS) is 19.6. The third-order valence-corrected chi connectivity index (χ3v) is 8.13. The standard InChI is InChI=1S/C29H38N4O4S/c1-16(2)24(23-12-17(3)32-37-23)28(36)33-14-21(34)13-22(33)27(35)31-26(29(5,6)7)20-10-8-19(9-11-20)25-18(4)30-15-38-25/h8-12,15-16,21-22,24,26,34H,13-14H2,1-7H3,(H,31,35). The molecule has 0 radical (unpaired) electrons. The minimum absolute atomic E-state index is 0.0701. The lowest BCUT2D eigenvalue weighted by Crippen LogP contribution is -2.50. The summed E-state index contributed by atoms with van der Waals surface area (Å²) in [6, 6.07) is 8.89. The van der Waals surface area contributed by atoms with Gasteiger partial charge in [-0.15, -0.1) is 11.3 Å². The largest absolute Gasteiger partial charge is 0.391 e. The number of amides is 2. The van der Waals surface area contributed by atoms with Crippen LogP contribution in [-0.2, 0) is 9.59 Å². The first-order valence-corrected chi connectivity index (χ1v) is 14.0.